The maximum absolute atomic E-state index is 13.2. The molecule has 0 spiro atoms. The van der Waals surface area contributed by atoms with Crippen LogP contribution in [0, 0.1) is 0 Å². The fraction of sp³-hybridized carbons (Fsp3) is 0.208. The summed E-state index contributed by atoms with van der Waals surface area (Å²) in [5.74, 6) is 0.450. The maximum Gasteiger partial charge on any atom is 0.419 e. The summed E-state index contributed by atoms with van der Waals surface area (Å²) >= 11 is 0. The molecule has 0 fully saturated rings. The molecule has 0 bridgehead atoms. The highest BCUT2D eigenvalue weighted by Gasteiger charge is 2.25. The van der Waals surface area contributed by atoms with E-state index in [0.29, 0.717) is 17.0 Å². The number of fused-ring (bicyclic) bond motifs is 1. The van der Waals surface area contributed by atoms with Gasteiger partial charge in [-0.15, -0.1) is 10.2 Å². The van der Waals surface area contributed by atoms with Crippen molar-refractivity contribution in [3.8, 4) is 34.1 Å². The van der Waals surface area contributed by atoms with E-state index in [-0.39, 0.29) is 11.6 Å². The number of ether oxygens (including phenoxy) is 2. The van der Waals surface area contributed by atoms with Crippen LogP contribution in [0.15, 0.2) is 60.7 Å². The van der Waals surface area contributed by atoms with Crippen LogP contribution in [0.2, 0.25) is 0 Å². The normalized spacial score (nSPS) is 11.5. The summed E-state index contributed by atoms with van der Waals surface area (Å²) in [6.45, 7) is 5.48. The number of hydrogen-bond donors (Lipinski definition) is 1. The number of phenolic OH excluding ortho intramolecular Hbond substituents is 1. The molecule has 31 heavy (non-hydrogen) atoms. The van der Waals surface area contributed by atoms with Gasteiger partial charge in [-0.1, -0.05) is 18.2 Å². The van der Waals surface area contributed by atoms with E-state index in [2.05, 4.69) is 10.2 Å². The fourth-order valence-electron chi connectivity index (χ4n) is 3.35. The van der Waals surface area contributed by atoms with Crippen molar-refractivity contribution in [2.75, 3.05) is 7.11 Å². The van der Waals surface area contributed by atoms with Gasteiger partial charge in [-0.2, -0.15) is 0 Å². The number of aromatic hydroxyl groups is 1. The number of carbonyl (C=O) groups is 1. The molecule has 0 saturated carbocycles. The lowest BCUT2D eigenvalue weighted by Gasteiger charge is -2.21. The van der Waals surface area contributed by atoms with Crippen LogP contribution in [0.5, 0.6) is 11.6 Å². The number of phenols is 1. The molecule has 4 rings (SSSR count). The number of benzene rings is 2. The van der Waals surface area contributed by atoms with Crippen molar-refractivity contribution in [3.63, 3.8) is 0 Å². The standard InChI is InChI=1S/C24H23N3O4/c1-24(2,3)31-23(29)27-20-8-6-5-7-16(20)13-21(27)18-14-19(25-26-22(18)30-4)15-9-11-17(28)12-10-15/h5-14,28H,1-4H3. The van der Waals surface area contributed by atoms with Gasteiger partial charge in [-0.05, 0) is 63.2 Å². The van der Waals surface area contributed by atoms with E-state index < -0.39 is 11.7 Å². The highest BCUT2D eigenvalue weighted by molar-refractivity contribution is 5.97. The highest BCUT2D eigenvalue weighted by atomic mass is 16.6. The summed E-state index contributed by atoms with van der Waals surface area (Å²) in [7, 11) is 1.51. The van der Waals surface area contributed by atoms with E-state index in [1.165, 1.54) is 11.7 Å². The molecule has 158 valence electrons. The molecular weight excluding hydrogens is 394 g/mol. The van der Waals surface area contributed by atoms with Gasteiger partial charge in [0.15, 0.2) is 0 Å². The number of methoxy groups -OCH3 is 1. The van der Waals surface area contributed by atoms with Crippen molar-refractivity contribution >= 4 is 17.0 Å². The van der Waals surface area contributed by atoms with E-state index in [4.69, 9.17) is 9.47 Å². The second kappa shape index (κ2) is 7.75. The van der Waals surface area contributed by atoms with E-state index in [0.717, 1.165) is 16.5 Å². The molecule has 7 nitrogen and oxygen atoms in total. The third-order valence-electron chi connectivity index (χ3n) is 4.68. The minimum absolute atomic E-state index is 0.162. The first-order valence-corrected chi connectivity index (χ1v) is 9.82. The van der Waals surface area contributed by atoms with Crippen molar-refractivity contribution in [1.29, 1.82) is 0 Å². The van der Waals surface area contributed by atoms with Crippen LogP contribution < -0.4 is 4.74 Å². The van der Waals surface area contributed by atoms with E-state index in [1.807, 2.05) is 57.2 Å². The number of nitrogens with zero attached hydrogens (tertiary/aromatic N) is 3. The van der Waals surface area contributed by atoms with Crippen LogP contribution in [-0.2, 0) is 4.74 Å². The molecule has 0 atom stereocenters. The smallest absolute Gasteiger partial charge is 0.419 e. The Morgan fingerprint density at radius 1 is 1.00 bits per heavy atom. The molecule has 0 unspecified atom stereocenters. The lowest BCUT2D eigenvalue weighted by Crippen LogP contribution is -2.27. The number of carbonyl (C=O) groups excluding carboxylic acids is 1. The quantitative estimate of drug-likeness (QED) is 0.489. The molecule has 2 heterocycles. The summed E-state index contributed by atoms with van der Waals surface area (Å²) in [6, 6.07) is 18.0. The van der Waals surface area contributed by atoms with Crippen LogP contribution in [0.25, 0.3) is 33.4 Å². The third-order valence-corrected chi connectivity index (χ3v) is 4.68. The molecule has 4 aromatic rings. The van der Waals surface area contributed by atoms with Crippen LogP contribution in [0.1, 0.15) is 20.8 Å². The van der Waals surface area contributed by atoms with E-state index >= 15 is 0 Å². The lowest BCUT2D eigenvalue weighted by molar-refractivity contribution is 0.0547. The monoisotopic (exact) mass is 417 g/mol. The second-order valence-corrected chi connectivity index (χ2v) is 8.10. The second-order valence-electron chi connectivity index (χ2n) is 8.10. The predicted octanol–water partition coefficient (Wildman–Crippen LogP) is 5.26. The van der Waals surface area contributed by atoms with Crippen molar-refractivity contribution < 1.29 is 19.4 Å². The lowest BCUT2D eigenvalue weighted by atomic mass is 10.1. The van der Waals surface area contributed by atoms with Gasteiger partial charge in [-0.3, -0.25) is 0 Å². The van der Waals surface area contributed by atoms with Crippen LogP contribution >= 0.6 is 0 Å². The van der Waals surface area contributed by atoms with Crippen LogP contribution in [0.4, 0.5) is 4.79 Å². The van der Waals surface area contributed by atoms with Crippen molar-refractivity contribution in [3.05, 3.63) is 60.7 Å². The first-order chi connectivity index (χ1) is 14.8. The molecule has 0 aliphatic heterocycles. The number of para-hydroxylation sites is 1. The zero-order valence-corrected chi connectivity index (χ0v) is 17.8. The Morgan fingerprint density at radius 3 is 2.39 bits per heavy atom. The average Bonchev–Trinajstić information content (AvgIpc) is 3.12. The van der Waals surface area contributed by atoms with Crippen molar-refractivity contribution in [1.82, 2.24) is 14.8 Å². The highest BCUT2D eigenvalue weighted by Crippen LogP contribution is 2.35. The average molecular weight is 417 g/mol. The molecular formula is C24H23N3O4. The van der Waals surface area contributed by atoms with E-state index in [1.54, 1.807) is 24.3 Å². The Hall–Kier alpha value is -3.87. The van der Waals surface area contributed by atoms with Gasteiger partial charge < -0.3 is 14.6 Å². The zero-order valence-electron chi connectivity index (χ0n) is 17.8. The molecule has 0 saturated heterocycles. The topological polar surface area (TPSA) is 86.5 Å². The molecule has 2 aromatic heterocycles. The van der Waals surface area contributed by atoms with Gasteiger partial charge in [0, 0.05) is 10.9 Å². The summed E-state index contributed by atoms with van der Waals surface area (Å²) in [5, 5.41) is 18.9. The first kappa shape index (κ1) is 20.4. The Morgan fingerprint density at radius 2 is 1.71 bits per heavy atom. The summed E-state index contributed by atoms with van der Waals surface area (Å²) in [4.78, 5) is 13.2. The van der Waals surface area contributed by atoms with Gasteiger partial charge in [0.1, 0.15) is 11.4 Å². The Kier molecular flexibility index (Phi) is 5.10. The minimum atomic E-state index is -0.655. The van der Waals surface area contributed by atoms with Crippen LogP contribution in [0.3, 0.4) is 0 Å². The van der Waals surface area contributed by atoms with Crippen LogP contribution in [-0.4, -0.2) is 38.7 Å². The molecule has 2 aromatic carbocycles. The Labute approximate surface area is 179 Å². The SMILES string of the molecule is COc1nnc(-c2ccc(O)cc2)cc1-c1cc2ccccc2n1C(=O)OC(C)(C)C. The molecule has 0 radical (unpaired) electrons. The molecule has 1 N–H and O–H groups in total. The largest absolute Gasteiger partial charge is 0.508 e. The third kappa shape index (κ3) is 4.07. The predicted molar refractivity (Wildman–Crippen MR) is 118 cm³/mol. The number of rotatable bonds is 3. The van der Waals surface area contributed by atoms with Gasteiger partial charge in [-0.25, -0.2) is 9.36 Å². The molecule has 7 heteroatoms. The fourth-order valence-corrected chi connectivity index (χ4v) is 3.35. The van der Waals surface area contributed by atoms with Crippen molar-refractivity contribution in [2.24, 2.45) is 0 Å². The summed E-state index contributed by atoms with van der Waals surface area (Å²) in [5.41, 5.74) is 2.60. The van der Waals surface area contributed by atoms with Gasteiger partial charge in [0.25, 0.3) is 0 Å². The van der Waals surface area contributed by atoms with Crippen molar-refractivity contribution in [2.45, 2.75) is 26.4 Å². The summed E-state index contributed by atoms with van der Waals surface area (Å²) in [6.07, 6.45) is -0.492. The zero-order chi connectivity index (χ0) is 22.2. The van der Waals surface area contributed by atoms with Gasteiger partial charge in [0.05, 0.1) is 29.6 Å². The number of aromatic nitrogens is 3. The maximum atomic E-state index is 13.2. The molecule has 0 aliphatic carbocycles. The van der Waals surface area contributed by atoms with E-state index in [9.17, 15) is 9.90 Å². The molecule has 0 amide bonds. The number of hydrogen-bond acceptors (Lipinski definition) is 6. The summed E-state index contributed by atoms with van der Waals surface area (Å²) < 4.78 is 12.7. The minimum Gasteiger partial charge on any atom is -0.508 e. The Balaban J connectivity index is 1.93. The van der Waals surface area contributed by atoms with Gasteiger partial charge in [0.2, 0.25) is 5.88 Å². The first-order valence-electron chi connectivity index (χ1n) is 9.82. The molecule has 0 aliphatic rings. The Bertz CT molecular complexity index is 1250. The van der Waals surface area contributed by atoms with Gasteiger partial charge >= 0.3 is 6.09 Å².